The van der Waals surface area contributed by atoms with E-state index in [1.807, 2.05) is 0 Å². The van der Waals surface area contributed by atoms with Crippen LogP contribution in [0.2, 0.25) is 4.34 Å². The van der Waals surface area contributed by atoms with E-state index in [-0.39, 0.29) is 18.4 Å². The molecule has 0 aromatic carbocycles. The number of nitrogens with zero attached hydrogens (tertiary/aromatic N) is 1. The van der Waals surface area contributed by atoms with Gasteiger partial charge in [-0.3, -0.25) is 9.59 Å². The van der Waals surface area contributed by atoms with Gasteiger partial charge in [0.05, 0.1) is 15.8 Å². The van der Waals surface area contributed by atoms with E-state index in [0.717, 1.165) is 0 Å². The van der Waals surface area contributed by atoms with Gasteiger partial charge in [0.25, 0.3) is 5.91 Å². The van der Waals surface area contributed by atoms with Crippen molar-refractivity contribution in [1.29, 1.82) is 0 Å². The van der Waals surface area contributed by atoms with Crippen molar-refractivity contribution in [3.05, 3.63) is 21.3 Å². The smallest absolute Gasteiger partial charge is 0.264 e. The molecule has 0 radical (unpaired) electrons. The Bertz CT molecular complexity index is 405. The number of thiophene rings is 1. The van der Waals surface area contributed by atoms with Crippen molar-refractivity contribution in [3.63, 3.8) is 0 Å². The molecule has 0 aliphatic carbocycles. The maximum atomic E-state index is 11.9. The van der Waals surface area contributed by atoms with Crippen LogP contribution >= 0.6 is 22.9 Å². The molecule has 2 amide bonds. The molecule has 1 saturated heterocycles. The van der Waals surface area contributed by atoms with E-state index in [1.54, 1.807) is 12.1 Å². The van der Waals surface area contributed by atoms with Crippen LogP contribution in [0.5, 0.6) is 0 Å². The van der Waals surface area contributed by atoms with Crippen LogP contribution in [0.25, 0.3) is 0 Å². The Labute approximate surface area is 95.8 Å². The lowest BCUT2D eigenvalue weighted by atomic mass is 10.3. The zero-order valence-electron chi connectivity index (χ0n) is 7.83. The number of rotatable bonds is 1. The third kappa shape index (κ3) is 2.30. The molecule has 0 spiro atoms. The summed E-state index contributed by atoms with van der Waals surface area (Å²) >= 11 is 6.97. The Morgan fingerprint density at radius 3 is 2.93 bits per heavy atom. The van der Waals surface area contributed by atoms with Gasteiger partial charge in [-0.1, -0.05) is 11.6 Å². The Hall–Kier alpha value is -1.07. The molecule has 0 bridgehead atoms. The molecule has 0 unspecified atom stereocenters. The summed E-state index contributed by atoms with van der Waals surface area (Å²) < 4.78 is 0.583. The van der Waals surface area contributed by atoms with Crippen LogP contribution in [0.1, 0.15) is 9.67 Å². The van der Waals surface area contributed by atoms with Crippen molar-refractivity contribution < 1.29 is 9.59 Å². The van der Waals surface area contributed by atoms with Crippen LogP contribution in [0.15, 0.2) is 12.1 Å². The molecule has 2 heterocycles. The van der Waals surface area contributed by atoms with Crippen molar-refractivity contribution in [2.45, 2.75) is 0 Å². The Morgan fingerprint density at radius 1 is 1.53 bits per heavy atom. The third-order valence-electron chi connectivity index (χ3n) is 2.11. The first-order valence-electron chi connectivity index (χ1n) is 4.48. The summed E-state index contributed by atoms with van der Waals surface area (Å²) in [6.45, 7) is 1.21. The van der Waals surface area contributed by atoms with Crippen molar-refractivity contribution in [3.8, 4) is 0 Å². The summed E-state index contributed by atoms with van der Waals surface area (Å²) in [4.78, 5) is 25.1. The molecule has 15 heavy (non-hydrogen) atoms. The van der Waals surface area contributed by atoms with Gasteiger partial charge < -0.3 is 10.2 Å². The molecule has 1 fully saturated rings. The normalized spacial score (nSPS) is 16.3. The van der Waals surface area contributed by atoms with Crippen LogP contribution in [0, 0.1) is 0 Å². The summed E-state index contributed by atoms with van der Waals surface area (Å²) in [6.07, 6.45) is 0. The van der Waals surface area contributed by atoms with Gasteiger partial charge in [0.15, 0.2) is 0 Å². The quantitative estimate of drug-likeness (QED) is 0.801. The minimum Gasteiger partial charge on any atom is -0.353 e. The Kier molecular flexibility index (Phi) is 2.93. The fraction of sp³-hybridized carbons (Fsp3) is 0.333. The number of halogens is 1. The molecule has 1 aromatic heterocycles. The van der Waals surface area contributed by atoms with Gasteiger partial charge in [0, 0.05) is 13.1 Å². The van der Waals surface area contributed by atoms with E-state index in [2.05, 4.69) is 5.32 Å². The van der Waals surface area contributed by atoms with Crippen molar-refractivity contribution in [2.75, 3.05) is 19.6 Å². The summed E-state index contributed by atoms with van der Waals surface area (Å²) in [5.41, 5.74) is 0. The number of carbonyl (C=O) groups excluding carboxylic acids is 2. The summed E-state index contributed by atoms with van der Waals surface area (Å²) in [6, 6.07) is 3.37. The molecular formula is C9H9ClN2O2S. The first kappa shape index (κ1) is 10.4. The van der Waals surface area contributed by atoms with Crippen LogP contribution in [0.4, 0.5) is 0 Å². The first-order chi connectivity index (χ1) is 7.16. The predicted octanol–water partition coefficient (Wildman–Crippen LogP) is 0.974. The monoisotopic (exact) mass is 244 g/mol. The Morgan fingerprint density at radius 2 is 2.33 bits per heavy atom. The molecule has 1 aliphatic heterocycles. The maximum Gasteiger partial charge on any atom is 0.264 e. The van der Waals surface area contributed by atoms with E-state index < -0.39 is 0 Å². The lowest BCUT2D eigenvalue weighted by molar-refractivity contribution is -0.123. The largest absolute Gasteiger partial charge is 0.353 e. The lowest BCUT2D eigenvalue weighted by Gasteiger charge is -2.26. The second-order valence-corrected chi connectivity index (χ2v) is 4.90. The van der Waals surface area contributed by atoms with E-state index in [4.69, 9.17) is 11.6 Å². The van der Waals surface area contributed by atoms with Crippen LogP contribution in [0.3, 0.4) is 0 Å². The van der Waals surface area contributed by atoms with Gasteiger partial charge >= 0.3 is 0 Å². The topological polar surface area (TPSA) is 49.4 Å². The summed E-state index contributed by atoms with van der Waals surface area (Å²) in [7, 11) is 0. The molecule has 1 aromatic rings. The Balaban J connectivity index is 2.10. The van der Waals surface area contributed by atoms with Crippen molar-refractivity contribution >= 4 is 34.8 Å². The zero-order chi connectivity index (χ0) is 10.8. The molecule has 0 saturated carbocycles. The average molecular weight is 245 g/mol. The van der Waals surface area contributed by atoms with Crippen molar-refractivity contribution in [1.82, 2.24) is 10.2 Å². The minimum atomic E-state index is -0.123. The van der Waals surface area contributed by atoms with Gasteiger partial charge in [-0.05, 0) is 12.1 Å². The molecule has 1 N–H and O–H groups in total. The first-order valence-corrected chi connectivity index (χ1v) is 5.67. The summed E-state index contributed by atoms with van der Waals surface area (Å²) in [5, 5.41) is 2.67. The standard InChI is InChI=1S/C9H9ClN2O2S/c10-7-2-1-6(15-7)9(14)12-4-3-11-8(13)5-12/h1-2H,3-5H2,(H,11,13). The zero-order valence-corrected chi connectivity index (χ0v) is 9.40. The number of nitrogens with one attached hydrogen (secondary N) is 1. The molecular weight excluding hydrogens is 236 g/mol. The highest BCUT2D eigenvalue weighted by atomic mass is 35.5. The average Bonchev–Trinajstić information content (AvgIpc) is 2.64. The number of piperazine rings is 1. The molecule has 2 rings (SSSR count). The summed E-state index contributed by atoms with van der Waals surface area (Å²) in [5.74, 6) is -0.237. The minimum absolute atomic E-state index is 0.114. The highest BCUT2D eigenvalue weighted by molar-refractivity contribution is 7.17. The van der Waals surface area contributed by atoms with Gasteiger partial charge in [0.1, 0.15) is 0 Å². The predicted molar refractivity (Wildman–Crippen MR) is 58.2 cm³/mol. The van der Waals surface area contributed by atoms with Crippen LogP contribution < -0.4 is 5.32 Å². The highest BCUT2D eigenvalue weighted by Gasteiger charge is 2.23. The molecule has 80 valence electrons. The molecule has 4 nitrogen and oxygen atoms in total. The van der Waals surface area contributed by atoms with Crippen LogP contribution in [-0.4, -0.2) is 36.3 Å². The van der Waals surface area contributed by atoms with E-state index in [0.29, 0.717) is 22.3 Å². The van der Waals surface area contributed by atoms with Gasteiger partial charge in [0.2, 0.25) is 5.91 Å². The SMILES string of the molecule is O=C1CN(C(=O)c2ccc(Cl)s2)CCN1. The molecule has 1 aliphatic rings. The van der Waals surface area contributed by atoms with Gasteiger partial charge in [-0.2, -0.15) is 0 Å². The van der Waals surface area contributed by atoms with E-state index >= 15 is 0 Å². The number of hydrogen-bond acceptors (Lipinski definition) is 3. The molecule has 0 atom stereocenters. The maximum absolute atomic E-state index is 11.9. The third-order valence-corrected chi connectivity index (χ3v) is 3.33. The fourth-order valence-corrected chi connectivity index (χ4v) is 2.41. The van der Waals surface area contributed by atoms with E-state index in [9.17, 15) is 9.59 Å². The second kappa shape index (κ2) is 4.20. The molecule has 6 heteroatoms. The van der Waals surface area contributed by atoms with Gasteiger partial charge in [-0.15, -0.1) is 11.3 Å². The second-order valence-electron chi connectivity index (χ2n) is 3.18. The highest BCUT2D eigenvalue weighted by Crippen LogP contribution is 2.22. The number of amides is 2. The van der Waals surface area contributed by atoms with E-state index in [1.165, 1.54) is 16.2 Å². The van der Waals surface area contributed by atoms with Crippen molar-refractivity contribution in [2.24, 2.45) is 0 Å². The van der Waals surface area contributed by atoms with Gasteiger partial charge in [-0.25, -0.2) is 0 Å². The lowest BCUT2D eigenvalue weighted by Crippen LogP contribution is -2.49. The number of hydrogen-bond donors (Lipinski definition) is 1. The fourth-order valence-electron chi connectivity index (χ4n) is 1.40. The van der Waals surface area contributed by atoms with Crippen LogP contribution in [-0.2, 0) is 4.79 Å². The number of carbonyl (C=O) groups is 2.